The minimum Gasteiger partial charge on any atom is -0.330 e. The predicted octanol–water partition coefficient (Wildman–Crippen LogP) is 0.986. The number of rotatable bonds is 6. The normalized spacial score (nSPS) is 16.9. The third-order valence-corrected chi connectivity index (χ3v) is 2.69. The summed E-state index contributed by atoms with van der Waals surface area (Å²) in [4.78, 5) is 13.6. The van der Waals surface area contributed by atoms with Crippen LogP contribution in [0.1, 0.15) is 32.6 Å². The Kier molecular flexibility index (Phi) is 4.64. The van der Waals surface area contributed by atoms with Crippen LogP contribution in [0.3, 0.4) is 0 Å². The van der Waals surface area contributed by atoms with Crippen LogP contribution in [0.25, 0.3) is 0 Å². The molecular formula is C12H20N2O. The Hall–Kier alpha value is -1.01. The van der Waals surface area contributed by atoms with Gasteiger partial charge in [0, 0.05) is 6.54 Å². The lowest BCUT2D eigenvalue weighted by Crippen LogP contribution is -2.44. The minimum atomic E-state index is -0.373. The third-order valence-electron chi connectivity index (χ3n) is 2.69. The molecule has 1 atom stereocenters. The summed E-state index contributed by atoms with van der Waals surface area (Å²) in [5.74, 6) is 3.21. The van der Waals surface area contributed by atoms with Crippen molar-refractivity contribution in [3.63, 3.8) is 0 Å². The average molecular weight is 208 g/mol. The van der Waals surface area contributed by atoms with Crippen molar-refractivity contribution in [2.45, 2.75) is 38.6 Å². The van der Waals surface area contributed by atoms with Crippen molar-refractivity contribution in [2.24, 2.45) is 11.7 Å². The first-order valence-corrected chi connectivity index (χ1v) is 5.66. The van der Waals surface area contributed by atoms with Gasteiger partial charge in [0.1, 0.15) is 0 Å². The number of amides is 1. The Morgan fingerprint density at radius 1 is 1.67 bits per heavy atom. The zero-order valence-electron chi connectivity index (χ0n) is 9.41. The molecule has 1 saturated carbocycles. The molecule has 84 valence electrons. The molecule has 1 rings (SSSR count). The van der Waals surface area contributed by atoms with Crippen LogP contribution in [0, 0.1) is 18.3 Å². The Labute approximate surface area is 92.0 Å². The molecule has 2 N–H and O–H groups in total. The van der Waals surface area contributed by atoms with Gasteiger partial charge in [0.2, 0.25) is 5.91 Å². The van der Waals surface area contributed by atoms with Crippen molar-refractivity contribution in [3.05, 3.63) is 0 Å². The second kappa shape index (κ2) is 5.77. The number of nitrogens with two attached hydrogens (primary N) is 1. The number of nitrogens with zero attached hydrogens (tertiary/aromatic N) is 1. The van der Waals surface area contributed by atoms with Crippen LogP contribution in [0.4, 0.5) is 0 Å². The van der Waals surface area contributed by atoms with Crippen molar-refractivity contribution in [3.8, 4) is 12.3 Å². The Bertz CT molecular complexity index is 253. The van der Waals surface area contributed by atoms with Crippen molar-refractivity contribution in [1.82, 2.24) is 4.90 Å². The van der Waals surface area contributed by atoms with E-state index in [4.69, 9.17) is 12.2 Å². The number of terminal acetylenes is 1. The second-order valence-corrected chi connectivity index (χ2v) is 4.26. The molecule has 3 nitrogen and oxygen atoms in total. The van der Waals surface area contributed by atoms with Crippen LogP contribution >= 0.6 is 0 Å². The number of hydrogen-bond donors (Lipinski definition) is 1. The molecular weight excluding hydrogens is 188 g/mol. The van der Waals surface area contributed by atoms with Gasteiger partial charge in [-0.05, 0) is 25.2 Å². The highest BCUT2D eigenvalue weighted by Gasteiger charge is 2.28. The van der Waals surface area contributed by atoms with Crippen LogP contribution < -0.4 is 5.73 Å². The maximum absolute atomic E-state index is 11.9. The van der Waals surface area contributed by atoms with E-state index in [0.29, 0.717) is 12.5 Å². The molecule has 0 bridgehead atoms. The van der Waals surface area contributed by atoms with Gasteiger partial charge >= 0.3 is 0 Å². The van der Waals surface area contributed by atoms with Gasteiger partial charge in [0.05, 0.1) is 12.6 Å². The molecule has 0 aliphatic heterocycles. The first kappa shape index (κ1) is 12.1. The summed E-state index contributed by atoms with van der Waals surface area (Å²) in [7, 11) is 0. The van der Waals surface area contributed by atoms with E-state index in [-0.39, 0.29) is 11.9 Å². The third kappa shape index (κ3) is 3.93. The summed E-state index contributed by atoms with van der Waals surface area (Å²) >= 11 is 0. The van der Waals surface area contributed by atoms with Gasteiger partial charge in [-0.3, -0.25) is 4.79 Å². The summed E-state index contributed by atoms with van der Waals surface area (Å²) in [6.07, 6.45) is 9.36. The van der Waals surface area contributed by atoms with Crippen molar-refractivity contribution in [2.75, 3.05) is 13.1 Å². The highest BCUT2D eigenvalue weighted by molar-refractivity contribution is 5.81. The van der Waals surface area contributed by atoms with Crippen molar-refractivity contribution < 1.29 is 4.79 Å². The molecule has 1 aliphatic carbocycles. The lowest BCUT2D eigenvalue weighted by atomic mass is 10.1. The average Bonchev–Trinajstić information content (AvgIpc) is 3.00. The van der Waals surface area contributed by atoms with E-state index in [1.165, 1.54) is 12.8 Å². The predicted molar refractivity (Wildman–Crippen MR) is 61.0 cm³/mol. The van der Waals surface area contributed by atoms with Crippen LogP contribution in [-0.4, -0.2) is 29.9 Å². The first-order valence-electron chi connectivity index (χ1n) is 5.66. The molecule has 3 heteroatoms. The Morgan fingerprint density at radius 2 is 2.33 bits per heavy atom. The molecule has 0 radical (unpaired) electrons. The fourth-order valence-corrected chi connectivity index (χ4v) is 1.62. The molecule has 0 spiro atoms. The standard InChI is InChI=1S/C12H20N2O/c1-3-5-11(13)12(15)14(8-4-2)9-10-6-7-10/h2,10-11H,3,5-9,13H2,1H3. The summed E-state index contributed by atoms with van der Waals surface area (Å²) in [6, 6.07) is -0.373. The Morgan fingerprint density at radius 3 is 2.80 bits per heavy atom. The molecule has 0 aromatic carbocycles. The van der Waals surface area contributed by atoms with Crippen LogP contribution in [-0.2, 0) is 4.79 Å². The van der Waals surface area contributed by atoms with E-state index in [0.717, 1.165) is 19.4 Å². The van der Waals surface area contributed by atoms with Gasteiger partial charge < -0.3 is 10.6 Å². The molecule has 1 aliphatic rings. The SMILES string of the molecule is C#CCN(CC1CC1)C(=O)C(N)CCC. The van der Waals surface area contributed by atoms with Crippen molar-refractivity contribution >= 4 is 5.91 Å². The number of carbonyl (C=O) groups is 1. The molecule has 1 fully saturated rings. The zero-order valence-corrected chi connectivity index (χ0v) is 9.41. The molecule has 0 saturated heterocycles. The smallest absolute Gasteiger partial charge is 0.240 e. The lowest BCUT2D eigenvalue weighted by Gasteiger charge is -2.23. The van der Waals surface area contributed by atoms with E-state index < -0.39 is 0 Å². The lowest BCUT2D eigenvalue weighted by molar-refractivity contribution is -0.132. The largest absolute Gasteiger partial charge is 0.330 e. The summed E-state index contributed by atoms with van der Waals surface area (Å²) in [5.41, 5.74) is 5.80. The van der Waals surface area contributed by atoms with Crippen LogP contribution in [0.15, 0.2) is 0 Å². The minimum absolute atomic E-state index is 0.0155. The summed E-state index contributed by atoms with van der Waals surface area (Å²) in [6.45, 7) is 3.22. The van der Waals surface area contributed by atoms with E-state index in [9.17, 15) is 4.79 Å². The van der Waals surface area contributed by atoms with Crippen LogP contribution in [0.5, 0.6) is 0 Å². The maximum Gasteiger partial charge on any atom is 0.240 e. The molecule has 1 unspecified atom stereocenters. The molecule has 0 aromatic heterocycles. The van der Waals surface area contributed by atoms with Gasteiger partial charge in [0.15, 0.2) is 0 Å². The molecule has 0 heterocycles. The molecule has 1 amide bonds. The van der Waals surface area contributed by atoms with E-state index in [1.807, 2.05) is 6.92 Å². The molecule has 15 heavy (non-hydrogen) atoms. The van der Waals surface area contributed by atoms with Crippen LogP contribution in [0.2, 0.25) is 0 Å². The fourth-order valence-electron chi connectivity index (χ4n) is 1.62. The van der Waals surface area contributed by atoms with E-state index >= 15 is 0 Å². The highest BCUT2D eigenvalue weighted by atomic mass is 16.2. The first-order chi connectivity index (χ1) is 7.19. The summed E-state index contributed by atoms with van der Waals surface area (Å²) < 4.78 is 0. The highest BCUT2D eigenvalue weighted by Crippen LogP contribution is 2.29. The van der Waals surface area contributed by atoms with E-state index in [2.05, 4.69) is 5.92 Å². The number of hydrogen-bond acceptors (Lipinski definition) is 2. The fraction of sp³-hybridized carbons (Fsp3) is 0.750. The summed E-state index contributed by atoms with van der Waals surface area (Å²) in [5, 5.41) is 0. The quantitative estimate of drug-likeness (QED) is 0.662. The second-order valence-electron chi connectivity index (χ2n) is 4.26. The maximum atomic E-state index is 11.9. The topological polar surface area (TPSA) is 46.3 Å². The van der Waals surface area contributed by atoms with Gasteiger partial charge in [-0.2, -0.15) is 0 Å². The Balaban J connectivity index is 2.45. The zero-order chi connectivity index (χ0) is 11.3. The van der Waals surface area contributed by atoms with Gasteiger partial charge in [-0.25, -0.2) is 0 Å². The van der Waals surface area contributed by atoms with Crippen molar-refractivity contribution in [1.29, 1.82) is 0 Å². The monoisotopic (exact) mass is 208 g/mol. The number of carbonyl (C=O) groups excluding carboxylic acids is 1. The molecule has 0 aromatic rings. The van der Waals surface area contributed by atoms with Gasteiger partial charge in [0.25, 0.3) is 0 Å². The van der Waals surface area contributed by atoms with E-state index in [1.54, 1.807) is 4.90 Å². The van der Waals surface area contributed by atoms with Gasteiger partial charge in [-0.1, -0.05) is 19.3 Å². The van der Waals surface area contributed by atoms with Gasteiger partial charge in [-0.15, -0.1) is 6.42 Å².